The summed E-state index contributed by atoms with van der Waals surface area (Å²) in [7, 11) is 2.81. The van der Waals surface area contributed by atoms with Crippen molar-refractivity contribution in [2.75, 3.05) is 19.4 Å². The van der Waals surface area contributed by atoms with Gasteiger partial charge in [0.25, 0.3) is 0 Å². The van der Waals surface area contributed by atoms with Crippen LogP contribution in [0.4, 0.5) is 5.69 Å². The van der Waals surface area contributed by atoms with Gasteiger partial charge in [0.1, 0.15) is 5.69 Å². The van der Waals surface area contributed by atoms with Gasteiger partial charge in [-0.25, -0.2) is 0 Å². The Morgan fingerprint density at radius 1 is 0.692 bits per heavy atom. The predicted molar refractivity (Wildman–Crippen MR) is 114 cm³/mol. The summed E-state index contributed by atoms with van der Waals surface area (Å²) >= 11 is 0. The van der Waals surface area contributed by atoms with Gasteiger partial charge in [0, 0.05) is 5.56 Å². The maximum absolute atomic E-state index is 5.40. The first-order valence-corrected chi connectivity index (χ1v) is 10.3. The van der Waals surface area contributed by atoms with Crippen molar-refractivity contribution in [3.63, 3.8) is 0 Å². The highest BCUT2D eigenvalue weighted by molar-refractivity contribution is 7.68. The molecule has 26 heavy (non-hydrogen) atoms. The minimum Gasteiger partial charge on any atom is -0.252 e. The SMILES string of the molecule is CON(OC)c1ccccc1-c1ccccc1P(C(C)(C)C)C(C)(C)C. The smallest absolute Gasteiger partial charge is 0.103 e. The first-order chi connectivity index (χ1) is 12.1. The molecule has 0 atom stereocenters. The molecule has 4 heteroatoms. The maximum atomic E-state index is 5.40. The molecule has 0 amide bonds. The van der Waals surface area contributed by atoms with Crippen LogP contribution < -0.4 is 10.5 Å². The van der Waals surface area contributed by atoms with Gasteiger partial charge in [0.05, 0.1) is 14.2 Å². The lowest BCUT2D eigenvalue weighted by molar-refractivity contribution is -0.0430. The summed E-state index contributed by atoms with van der Waals surface area (Å²) < 4.78 is 0. The van der Waals surface area contributed by atoms with E-state index >= 15 is 0 Å². The van der Waals surface area contributed by atoms with Gasteiger partial charge in [-0.1, -0.05) is 91.9 Å². The Morgan fingerprint density at radius 3 is 1.65 bits per heavy atom. The van der Waals surface area contributed by atoms with Crippen LogP contribution in [0.1, 0.15) is 41.5 Å². The normalized spacial score (nSPS) is 12.5. The predicted octanol–water partition coefficient (Wildman–Crippen LogP) is 5.99. The molecule has 3 nitrogen and oxygen atoms in total. The van der Waals surface area contributed by atoms with Crippen LogP contribution in [0.3, 0.4) is 0 Å². The van der Waals surface area contributed by atoms with E-state index in [1.807, 2.05) is 12.1 Å². The number of hydrogen-bond donors (Lipinski definition) is 0. The van der Waals surface area contributed by atoms with Crippen molar-refractivity contribution in [3.05, 3.63) is 48.5 Å². The lowest BCUT2D eigenvalue weighted by atomic mass is 10.0. The summed E-state index contributed by atoms with van der Waals surface area (Å²) in [5, 5.41) is 3.27. The highest BCUT2D eigenvalue weighted by Crippen LogP contribution is 2.59. The van der Waals surface area contributed by atoms with E-state index in [9.17, 15) is 0 Å². The monoisotopic (exact) mass is 373 g/mol. The van der Waals surface area contributed by atoms with Crippen molar-refractivity contribution in [1.82, 2.24) is 0 Å². The molecule has 0 aliphatic carbocycles. The Hall–Kier alpha value is -1.41. The van der Waals surface area contributed by atoms with E-state index in [1.54, 1.807) is 14.2 Å². The average Bonchev–Trinajstić information content (AvgIpc) is 2.54. The molecule has 0 saturated heterocycles. The molecule has 2 aromatic carbocycles. The first-order valence-electron chi connectivity index (χ1n) is 8.98. The number of benzene rings is 2. The molecule has 0 aliphatic rings. The Morgan fingerprint density at radius 2 is 1.15 bits per heavy atom. The zero-order valence-electron chi connectivity index (χ0n) is 17.3. The van der Waals surface area contributed by atoms with E-state index in [4.69, 9.17) is 9.68 Å². The molecular formula is C22H32NO2P. The van der Waals surface area contributed by atoms with E-state index in [-0.39, 0.29) is 10.3 Å². The number of para-hydroxylation sites is 1. The minimum atomic E-state index is -0.423. The van der Waals surface area contributed by atoms with Crippen molar-refractivity contribution in [2.45, 2.75) is 51.9 Å². The third kappa shape index (κ3) is 4.46. The van der Waals surface area contributed by atoms with Crippen LogP contribution in [0.25, 0.3) is 11.1 Å². The van der Waals surface area contributed by atoms with Crippen LogP contribution in [0.2, 0.25) is 0 Å². The summed E-state index contributed by atoms with van der Waals surface area (Å²) in [6.07, 6.45) is 0. The average molecular weight is 373 g/mol. The number of nitrogens with zero attached hydrogens (tertiary/aromatic N) is 1. The molecule has 0 aromatic heterocycles. The minimum absolute atomic E-state index is 0.195. The Labute approximate surface area is 160 Å². The summed E-state index contributed by atoms with van der Waals surface area (Å²) in [6.45, 7) is 14.1. The van der Waals surface area contributed by atoms with E-state index in [2.05, 4.69) is 77.9 Å². The van der Waals surface area contributed by atoms with Crippen LogP contribution in [0, 0.1) is 0 Å². The lowest BCUT2D eigenvalue weighted by Gasteiger charge is -2.42. The number of anilines is 1. The molecule has 0 N–H and O–H groups in total. The zero-order valence-corrected chi connectivity index (χ0v) is 18.2. The van der Waals surface area contributed by atoms with Crippen molar-refractivity contribution in [1.29, 1.82) is 0 Å². The van der Waals surface area contributed by atoms with E-state index in [0.29, 0.717) is 0 Å². The fourth-order valence-corrected chi connectivity index (χ4v) is 7.89. The Balaban J connectivity index is 2.72. The van der Waals surface area contributed by atoms with Gasteiger partial charge in [-0.3, -0.25) is 9.68 Å². The third-order valence-corrected chi connectivity index (χ3v) is 7.76. The molecular weight excluding hydrogens is 341 g/mol. The van der Waals surface area contributed by atoms with Gasteiger partial charge < -0.3 is 0 Å². The van der Waals surface area contributed by atoms with Crippen LogP contribution in [-0.4, -0.2) is 24.5 Å². The highest BCUT2D eigenvalue weighted by atomic mass is 31.1. The van der Waals surface area contributed by atoms with E-state index < -0.39 is 7.92 Å². The summed E-state index contributed by atoms with van der Waals surface area (Å²) in [5.74, 6) is 0. The van der Waals surface area contributed by atoms with Crippen molar-refractivity contribution in [2.24, 2.45) is 0 Å². The van der Waals surface area contributed by atoms with Gasteiger partial charge in [-0.2, -0.15) is 0 Å². The van der Waals surface area contributed by atoms with E-state index in [1.165, 1.54) is 16.1 Å². The maximum Gasteiger partial charge on any atom is 0.103 e. The standard InChI is InChI=1S/C22H32NO2P/c1-21(2,3)26(22(4,5)6)20-16-12-10-14-18(20)17-13-9-11-15-19(17)23(24-7)25-8/h9-16H,1-8H3. The molecule has 2 aromatic rings. The summed E-state index contributed by atoms with van der Waals surface area (Å²) in [4.78, 5) is 10.8. The molecule has 0 fully saturated rings. The van der Waals surface area contributed by atoms with Crippen LogP contribution in [0.5, 0.6) is 0 Å². The summed E-state index contributed by atoms with van der Waals surface area (Å²) in [5.41, 5.74) is 3.27. The van der Waals surface area contributed by atoms with Gasteiger partial charge >= 0.3 is 0 Å². The third-order valence-electron chi connectivity index (χ3n) is 4.21. The Kier molecular flexibility index (Phi) is 6.50. The van der Waals surface area contributed by atoms with Crippen LogP contribution >= 0.6 is 7.92 Å². The second-order valence-corrected chi connectivity index (χ2v) is 12.2. The Bertz CT molecular complexity index is 713. The first kappa shape index (κ1) is 20.9. The lowest BCUT2D eigenvalue weighted by Crippen LogP contribution is -2.32. The summed E-state index contributed by atoms with van der Waals surface area (Å²) in [6, 6.07) is 17.0. The molecule has 0 radical (unpaired) electrons. The van der Waals surface area contributed by atoms with Crippen LogP contribution in [0.15, 0.2) is 48.5 Å². The second-order valence-electron chi connectivity index (χ2n) is 8.33. The molecule has 0 spiro atoms. The fraction of sp³-hybridized carbons (Fsp3) is 0.455. The zero-order chi connectivity index (χ0) is 19.5. The topological polar surface area (TPSA) is 21.7 Å². The van der Waals surface area contributed by atoms with Gasteiger partial charge in [0.2, 0.25) is 0 Å². The van der Waals surface area contributed by atoms with Crippen molar-refractivity contribution < 1.29 is 9.68 Å². The molecule has 0 saturated carbocycles. The van der Waals surface area contributed by atoms with Crippen molar-refractivity contribution in [3.8, 4) is 11.1 Å². The fourth-order valence-electron chi connectivity index (χ4n) is 3.76. The molecule has 0 unspecified atom stereocenters. The van der Waals surface area contributed by atoms with Gasteiger partial charge in [-0.15, -0.1) is 5.23 Å². The van der Waals surface area contributed by atoms with E-state index in [0.717, 1.165) is 11.3 Å². The molecule has 142 valence electrons. The molecule has 0 aliphatic heterocycles. The van der Waals surface area contributed by atoms with Crippen LogP contribution in [-0.2, 0) is 9.68 Å². The molecule has 2 rings (SSSR count). The second kappa shape index (κ2) is 8.08. The van der Waals surface area contributed by atoms with Gasteiger partial charge in [0.15, 0.2) is 0 Å². The van der Waals surface area contributed by atoms with Crippen molar-refractivity contribution >= 4 is 18.9 Å². The molecule has 0 heterocycles. The highest BCUT2D eigenvalue weighted by Gasteiger charge is 2.37. The number of rotatable bonds is 5. The quantitative estimate of drug-likeness (QED) is 0.475. The van der Waals surface area contributed by atoms with Gasteiger partial charge in [-0.05, 0) is 27.2 Å². The largest absolute Gasteiger partial charge is 0.252 e. The number of hydrogen-bond acceptors (Lipinski definition) is 3. The molecule has 0 bridgehead atoms.